The fraction of sp³-hybridized carbons (Fsp3) is 0.811. The number of carbonyl (C=O) groups excluding carboxylic acids is 3. The van der Waals surface area contributed by atoms with Gasteiger partial charge in [-0.1, -0.05) is 52.5 Å². The van der Waals surface area contributed by atoms with E-state index >= 15 is 0 Å². The Morgan fingerprint density at radius 3 is 2.46 bits per heavy atom. The maximum absolute atomic E-state index is 13.2. The van der Waals surface area contributed by atoms with Crippen LogP contribution >= 0.6 is 0 Å². The first-order valence-electron chi connectivity index (χ1n) is 18.3. The number of rotatable bonds is 9. The zero-order chi connectivity index (χ0) is 36.3. The molecular weight excluding hydrogens is 652 g/mol. The first kappa shape index (κ1) is 40.4. The van der Waals surface area contributed by atoms with E-state index in [0.717, 1.165) is 44.9 Å². The van der Waals surface area contributed by atoms with Gasteiger partial charge in [0.25, 0.3) is 0 Å². The molecule has 13 heteroatoms. The molecule has 0 radical (unpaired) electrons. The van der Waals surface area contributed by atoms with E-state index in [1.54, 1.807) is 26.0 Å². The van der Waals surface area contributed by atoms with Crippen LogP contribution in [0.2, 0.25) is 0 Å². The van der Waals surface area contributed by atoms with Gasteiger partial charge in [-0.3, -0.25) is 9.59 Å². The van der Waals surface area contributed by atoms with Crippen LogP contribution in [0.15, 0.2) is 23.8 Å². The van der Waals surface area contributed by atoms with Crippen LogP contribution in [0.3, 0.4) is 0 Å². The molecule has 0 spiro atoms. The van der Waals surface area contributed by atoms with E-state index in [0.29, 0.717) is 19.4 Å². The highest BCUT2D eigenvalue weighted by Crippen LogP contribution is 2.47. The molecule has 9 atom stereocenters. The van der Waals surface area contributed by atoms with Crippen LogP contribution in [0.1, 0.15) is 111 Å². The van der Waals surface area contributed by atoms with Crippen molar-refractivity contribution >= 4 is 17.9 Å². The van der Waals surface area contributed by atoms with Gasteiger partial charge < -0.3 is 48.5 Å². The van der Waals surface area contributed by atoms with E-state index in [4.69, 9.17) is 33.2 Å². The number of carbonyl (C=O) groups is 3. The molecule has 0 aromatic rings. The number of cyclic esters (lactones) is 1. The number of fused-ring (bicyclic) bond motifs is 6. The summed E-state index contributed by atoms with van der Waals surface area (Å²) in [4.78, 5) is 38.8. The second kappa shape index (κ2) is 18.9. The molecule has 4 rings (SSSR count). The van der Waals surface area contributed by atoms with Crippen LogP contribution in [0.4, 0.5) is 0 Å². The minimum atomic E-state index is -2.24. The van der Waals surface area contributed by atoms with Gasteiger partial charge in [0.15, 0.2) is 12.4 Å². The number of methoxy groups -OCH3 is 1. The third-order valence-corrected chi connectivity index (χ3v) is 10.0. The third kappa shape index (κ3) is 11.3. The average Bonchev–Trinajstić information content (AvgIpc) is 3.51. The minimum absolute atomic E-state index is 0.000953. The SMILES string of the molecule is CCCCCCCC(=O)O[C@H]1/C(=C/C(=O)OC)CC2C[C@H](CO)OC(=O)C[C@H](O)C[C@@H]3CCC[C@H](C[C@@H]4CO[C@H](/C=C/C(C)(C)C1(O)O2)O4)O3. The molecule has 0 aliphatic carbocycles. The van der Waals surface area contributed by atoms with Crippen molar-refractivity contribution in [1.29, 1.82) is 0 Å². The number of aliphatic hydroxyl groups excluding tert-OH is 2. The van der Waals surface area contributed by atoms with Crippen molar-refractivity contribution in [1.82, 2.24) is 0 Å². The Labute approximate surface area is 295 Å². The second-order valence-electron chi connectivity index (χ2n) is 14.6. The Morgan fingerprint density at radius 2 is 1.74 bits per heavy atom. The average molecular weight is 711 g/mol. The normalized spacial score (nSPS) is 36.6. The van der Waals surface area contributed by atoms with Crippen LogP contribution in [0, 0.1) is 5.41 Å². The monoisotopic (exact) mass is 710 g/mol. The van der Waals surface area contributed by atoms with Gasteiger partial charge >= 0.3 is 17.9 Å². The molecule has 6 bridgehead atoms. The highest BCUT2D eigenvalue weighted by Gasteiger charge is 2.57. The fourth-order valence-electron chi connectivity index (χ4n) is 7.18. The van der Waals surface area contributed by atoms with E-state index in [-0.39, 0.29) is 56.0 Å². The number of esters is 3. The summed E-state index contributed by atoms with van der Waals surface area (Å²) in [5.41, 5.74) is -1.04. The number of hydrogen-bond donors (Lipinski definition) is 3. The molecule has 4 aliphatic heterocycles. The van der Waals surface area contributed by atoms with Gasteiger partial charge in [-0.2, -0.15) is 0 Å². The molecule has 3 fully saturated rings. The summed E-state index contributed by atoms with van der Waals surface area (Å²) in [7, 11) is 1.22. The molecule has 0 saturated carbocycles. The smallest absolute Gasteiger partial charge is 0.330 e. The summed E-state index contributed by atoms with van der Waals surface area (Å²) in [5, 5.41) is 33.5. The van der Waals surface area contributed by atoms with Gasteiger partial charge in [-0.05, 0) is 43.8 Å². The topological polar surface area (TPSA) is 177 Å². The van der Waals surface area contributed by atoms with E-state index in [1.807, 2.05) is 0 Å². The molecule has 13 nitrogen and oxygen atoms in total. The fourth-order valence-corrected chi connectivity index (χ4v) is 7.18. The molecular formula is C37H58O13. The molecule has 4 heterocycles. The molecule has 284 valence electrons. The third-order valence-electron chi connectivity index (χ3n) is 10.0. The van der Waals surface area contributed by atoms with E-state index in [2.05, 4.69) is 6.92 Å². The lowest BCUT2D eigenvalue weighted by Crippen LogP contribution is -2.62. The maximum atomic E-state index is 13.2. The van der Waals surface area contributed by atoms with Crippen LogP contribution in [0.5, 0.6) is 0 Å². The predicted molar refractivity (Wildman–Crippen MR) is 179 cm³/mol. The van der Waals surface area contributed by atoms with Crippen molar-refractivity contribution in [2.75, 3.05) is 20.3 Å². The van der Waals surface area contributed by atoms with Crippen molar-refractivity contribution < 1.29 is 62.9 Å². The molecule has 0 aromatic carbocycles. The molecule has 0 aromatic heterocycles. The predicted octanol–water partition coefficient (Wildman–Crippen LogP) is 3.94. The highest BCUT2D eigenvalue weighted by atomic mass is 16.7. The Kier molecular flexibility index (Phi) is 15.3. The zero-order valence-electron chi connectivity index (χ0n) is 30.1. The van der Waals surface area contributed by atoms with E-state index in [1.165, 1.54) is 13.2 Å². The summed E-state index contributed by atoms with van der Waals surface area (Å²) in [6, 6.07) is 0. The molecule has 3 saturated heterocycles. The minimum Gasteiger partial charge on any atom is -0.466 e. The first-order chi connectivity index (χ1) is 23.8. The second-order valence-corrected chi connectivity index (χ2v) is 14.6. The Bertz CT molecular complexity index is 1180. The van der Waals surface area contributed by atoms with Gasteiger partial charge in [-0.25, -0.2) is 4.79 Å². The van der Waals surface area contributed by atoms with Crippen molar-refractivity contribution in [2.45, 2.75) is 165 Å². The van der Waals surface area contributed by atoms with Gasteiger partial charge in [0, 0.05) is 37.2 Å². The van der Waals surface area contributed by atoms with Crippen molar-refractivity contribution in [2.24, 2.45) is 5.41 Å². The van der Waals surface area contributed by atoms with Gasteiger partial charge in [0.05, 0.1) is 57.3 Å². The summed E-state index contributed by atoms with van der Waals surface area (Å²) in [6.07, 6.45) is 6.61. The lowest BCUT2D eigenvalue weighted by atomic mass is 9.74. The van der Waals surface area contributed by atoms with Crippen molar-refractivity contribution in [3.8, 4) is 0 Å². The first-order valence-corrected chi connectivity index (χ1v) is 18.3. The molecule has 3 N–H and O–H groups in total. The largest absolute Gasteiger partial charge is 0.466 e. The standard InChI is InChI=1S/C37H58O13/c1-5-6-7-8-9-13-31(40)49-35-24(17-32(41)44-4)16-28-21-29(22-38)47-33(42)19-25(39)18-26-11-10-12-27(46-26)20-30-23-45-34(48-30)14-15-36(2,3)37(35,43)50-28/h14-15,17,25-30,34-35,38-39,43H,5-13,16,18-23H2,1-4H3/b15-14+,24-17+/t25-,26+,27-,28?,29-,30-,34+,35+,37?/m1/s1. The van der Waals surface area contributed by atoms with Gasteiger partial charge in [-0.15, -0.1) is 0 Å². The maximum Gasteiger partial charge on any atom is 0.330 e. The Balaban J connectivity index is 1.66. The molecule has 0 amide bonds. The van der Waals surface area contributed by atoms with Crippen LogP contribution in [0.25, 0.3) is 0 Å². The lowest BCUT2D eigenvalue weighted by Gasteiger charge is -2.51. The van der Waals surface area contributed by atoms with Crippen LogP contribution in [-0.2, 0) is 47.5 Å². The zero-order valence-corrected chi connectivity index (χ0v) is 30.1. The van der Waals surface area contributed by atoms with Crippen molar-refractivity contribution in [3.63, 3.8) is 0 Å². The van der Waals surface area contributed by atoms with Crippen molar-refractivity contribution in [3.05, 3.63) is 23.8 Å². The lowest BCUT2D eigenvalue weighted by molar-refractivity contribution is -0.327. The summed E-state index contributed by atoms with van der Waals surface area (Å²) in [6.45, 7) is 5.29. The molecule has 2 unspecified atom stereocenters. The highest BCUT2D eigenvalue weighted by molar-refractivity contribution is 5.83. The molecule has 4 aliphatic rings. The van der Waals surface area contributed by atoms with Gasteiger partial charge in [0.2, 0.25) is 5.79 Å². The summed E-state index contributed by atoms with van der Waals surface area (Å²) in [5.74, 6) is -4.22. The van der Waals surface area contributed by atoms with Crippen LogP contribution < -0.4 is 0 Å². The quantitative estimate of drug-likeness (QED) is 0.103. The summed E-state index contributed by atoms with van der Waals surface area (Å²) < 4.78 is 41.2. The van der Waals surface area contributed by atoms with Gasteiger partial charge in [0.1, 0.15) is 6.10 Å². The Hall–Kier alpha value is -2.39. The van der Waals surface area contributed by atoms with Crippen LogP contribution in [-0.4, -0.2) is 108 Å². The number of aliphatic hydroxyl groups is 3. The Morgan fingerprint density at radius 1 is 1.00 bits per heavy atom. The summed E-state index contributed by atoms with van der Waals surface area (Å²) >= 11 is 0. The number of unbranched alkanes of at least 4 members (excludes halogenated alkanes) is 4. The number of hydrogen-bond acceptors (Lipinski definition) is 13. The molecule has 50 heavy (non-hydrogen) atoms. The number of ether oxygens (including phenoxy) is 7. The van der Waals surface area contributed by atoms with E-state index in [9.17, 15) is 29.7 Å². The van der Waals surface area contributed by atoms with E-state index < -0.39 is 66.4 Å².